The smallest absolute Gasteiger partial charge is 0.106 e. The van der Waals surface area contributed by atoms with E-state index >= 15 is 0 Å². The van der Waals surface area contributed by atoms with Crippen LogP contribution in [0, 0.1) is 57.7 Å². The van der Waals surface area contributed by atoms with Crippen molar-refractivity contribution in [3.8, 4) is 0 Å². The Morgan fingerprint density at radius 2 is 1.14 bits per heavy atom. The first-order valence-electron chi connectivity index (χ1n) is 24.6. The quantitative estimate of drug-likeness (QED) is 0.218. The normalized spacial score (nSPS) is 39.7. The Hall–Kier alpha value is -1.26. The highest BCUT2D eigenvalue weighted by molar-refractivity contribution is 5.27. The van der Waals surface area contributed by atoms with Crippen molar-refractivity contribution in [2.24, 2.45) is 57.7 Å². The topological polar surface area (TPSA) is 40.5 Å². The second-order valence-corrected chi connectivity index (χ2v) is 23.7. The monoisotopic (exact) mass is 809 g/mol. The van der Waals surface area contributed by atoms with Crippen LogP contribution >= 0.6 is 0 Å². The standard InChI is InChI=1S/C28H47F.C26H43FO2/c1-20-17-22(19-24(29)18-20)11-12-23-10-8-16-28(6)25(13-14-26(23)28)21(2)9-7-15-27(3,4)5;1-18(7-5-13-25(2,3)29)23-11-12-24-20(8-6-14-26(23,24)4)10-9-19-15-21(27)17-22(28)16-19/h11-12,20-21,24-26H,7-10,13-19H2,1-6H3;9-10,18,21-24,28-29H,5-8,11-17H2,1-4H3/b22-11-,23-12+;19-9+,20-10+/t20-,21-,24+,25-,26+,28-;18-,21-,22-,23-,24+,26-/m11/s1. The maximum atomic E-state index is 14.0. The minimum absolute atomic E-state index is 0.293. The van der Waals surface area contributed by atoms with Crippen molar-refractivity contribution in [3.05, 3.63) is 46.6 Å². The zero-order valence-corrected chi connectivity index (χ0v) is 39.3. The Labute approximate surface area is 356 Å². The van der Waals surface area contributed by atoms with E-state index < -0.39 is 24.0 Å². The number of allylic oxidation sites excluding steroid dienone is 7. The van der Waals surface area contributed by atoms with Crippen LogP contribution < -0.4 is 0 Å². The van der Waals surface area contributed by atoms with E-state index in [4.69, 9.17) is 0 Å². The molecule has 6 aliphatic carbocycles. The van der Waals surface area contributed by atoms with Crippen molar-refractivity contribution in [2.45, 2.75) is 235 Å². The van der Waals surface area contributed by atoms with Gasteiger partial charge < -0.3 is 10.2 Å². The van der Waals surface area contributed by atoms with Crippen molar-refractivity contribution in [3.63, 3.8) is 0 Å². The largest absolute Gasteiger partial charge is 0.393 e. The lowest BCUT2D eigenvalue weighted by Gasteiger charge is -2.44. The van der Waals surface area contributed by atoms with Gasteiger partial charge in [-0.05, 0) is 174 Å². The number of hydrogen-bond acceptors (Lipinski definition) is 2. The Kier molecular flexibility index (Phi) is 16.7. The summed E-state index contributed by atoms with van der Waals surface area (Å²) in [5.41, 5.74) is 6.45. The zero-order valence-electron chi connectivity index (χ0n) is 39.3. The third kappa shape index (κ3) is 12.9. The molecule has 0 saturated heterocycles. The maximum Gasteiger partial charge on any atom is 0.106 e. The molecule has 0 aromatic rings. The lowest BCUT2D eigenvalue weighted by molar-refractivity contribution is 0.0596. The van der Waals surface area contributed by atoms with Crippen LogP contribution in [0.1, 0.15) is 210 Å². The molecule has 6 fully saturated rings. The van der Waals surface area contributed by atoms with Gasteiger partial charge in [-0.1, -0.05) is 128 Å². The highest BCUT2D eigenvalue weighted by Gasteiger charge is 2.51. The first-order valence-corrected chi connectivity index (χ1v) is 24.6. The van der Waals surface area contributed by atoms with E-state index in [1.54, 1.807) is 11.1 Å². The SMILES string of the molecule is C[C@@H]1C/C(=C/C=C2\CCC[C@]3(C)[C@@H]([C@H](C)CCCC(C)(C)C)CC[C@@H]23)C[C@@H](F)C1.C[C@H](CCCC(C)(C)O)[C@H]1CC[C@H]2/C(=C/C=C3/C[C@@H](O)C[C@H](F)C3)CCC[C@]12C. The molecule has 2 N–H and O–H groups in total. The molecule has 0 amide bonds. The fraction of sp³-hybridized carbons (Fsp3) is 0.852. The van der Waals surface area contributed by atoms with Gasteiger partial charge in [0.15, 0.2) is 0 Å². The van der Waals surface area contributed by atoms with E-state index in [0.29, 0.717) is 59.7 Å². The first-order chi connectivity index (χ1) is 27.2. The van der Waals surface area contributed by atoms with Gasteiger partial charge in [0.05, 0.1) is 11.7 Å². The maximum absolute atomic E-state index is 14.0. The van der Waals surface area contributed by atoms with Crippen LogP contribution in [-0.4, -0.2) is 34.3 Å². The van der Waals surface area contributed by atoms with Gasteiger partial charge in [0.25, 0.3) is 0 Å². The molecule has 2 nitrogen and oxygen atoms in total. The number of fused-ring (bicyclic) bond motifs is 2. The van der Waals surface area contributed by atoms with Gasteiger partial charge in [-0.2, -0.15) is 0 Å². The molecule has 6 aliphatic rings. The van der Waals surface area contributed by atoms with E-state index in [1.165, 1.54) is 95.5 Å². The van der Waals surface area contributed by atoms with Crippen LogP contribution in [-0.2, 0) is 0 Å². The third-order valence-electron chi connectivity index (χ3n) is 16.8. The van der Waals surface area contributed by atoms with E-state index in [9.17, 15) is 19.0 Å². The average molecular weight is 809 g/mol. The minimum atomic E-state index is -0.888. The van der Waals surface area contributed by atoms with Crippen LogP contribution in [0.15, 0.2) is 46.6 Å². The molecular weight excluding hydrogens is 719 g/mol. The molecule has 0 aromatic carbocycles. The Bertz CT molecular complexity index is 1310. The summed E-state index contributed by atoms with van der Waals surface area (Å²) >= 11 is 0. The molecule has 6 saturated carbocycles. The number of alkyl halides is 2. The van der Waals surface area contributed by atoms with Gasteiger partial charge in [-0.25, -0.2) is 8.78 Å². The summed E-state index contributed by atoms with van der Waals surface area (Å²) < 4.78 is 27.8. The van der Waals surface area contributed by atoms with Crippen molar-refractivity contribution in [2.75, 3.05) is 0 Å². The summed E-state index contributed by atoms with van der Waals surface area (Å²) in [5.74, 6) is 5.12. The summed E-state index contributed by atoms with van der Waals surface area (Å²) in [4.78, 5) is 0. The van der Waals surface area contributed by atoms with Gasteiger partial charge in [0.1, 0.15) is 12.3 Å². The van der Waals surface area contributed by atoms with Gasteiger partial charge >= 0.3 is 0 Å². The lowest BCUT2D eigenvalue weighted by atomic mass is 9.60. The lowest BCUT2D eigenvalue weighted by Crippen LogP contribution is -2.36. The Morgan fingerprint density at radius 3 is 1.59 bits per heavy atom. The van der Waals surface area contributed by atoms with Crippen molar-refractivity contribution >= 4 is 0 Å². The molecule has 4 heteroatoms. The van der Waals surface area contributed by atoms with Gasteiger partial charge in [-0.15, -0.1) is 0 Å². The molecule has 12 atom stereocenters. The second kappa shape index (κ2) is 20.3. The van der Waals surface area contributed by atoms with Crippen LogP contribution in [0.5, 0.6) is 0 Å². The van der Waals surface area contributed by atoms with Gasteiger partial charge in [0, 0.05) is 12.8 Å². The zero-order chi connectivity index (χ0) is 42.5. The number of aliphatic hydroxyl groups excluding tert-OH is 1. The summed E-state index contributed by atoms with van der Waals surface area (Å²) in [5, 5.41) is 19.9. The number of rotatable bonds is 11. The molecule has 0 aromatic heterocycles. The fourth-order valence-electron chi connectivity index (χ4n) is 13.9. The molecule has 0 spiro atoms. The molecule has 0 radical (unpaired) electrons. The van der Waals surface area contributed by atoms with Crippen molar-refractivity contribution in [1.82, 2.24) is 0 Å². The minimum Gasteiger partial charge on any atom is -0.393 e. The van der Waals surface area contributed by atoms with Crippen LogP contribution in [0.4, 0.5) is 8.78 Å². The van der Waals surface area contributed by atoms with Crippen LogP contribution in [0.2, 0.25) is 0 Å². The third-order valence-corrected chi connectivity index (χ3v) is 16.8. The molecule has 6 rings (SSSR count). The molecule has 332 valence electrons. The molecule has 0 aliphatic heterocycles. The molecular formula is C54H90F2O2. The van der Waals surface area contributed by atoms with E-state index in [0.717, 1.165) is 54.9 Å². The molecule has 0 unspecified atom stereocenters. The molecule has 58 heavy (non-hydrogen) atoms. The number of aliphatic hydroxyl groups is 2. The molecule has 0 bridgehead atoms. The second-order valence-electron chi connectivity index (χ2n) is 23.7. The van der Waals surface area contributed by atoms with E-state index in [2.05, 4.69) is 79.7 Å². The summed E-state index contributed by atoms with van der Waals surface area (Å²) in [6.07, 6.45) is 31.5. The highest BCUT2D eigenvalue weighted by Crippen LogP contribution is 2.61. The Morgan fingerprint density at radius 1 is 0.672 bits per heavy atom. The summed E-state index contributed by atoms with van der Waals surface area (Å²) in [7, 11) is 0. The van der Waals surface area contributed by atoms with Crippen LogP contribution in [0.3, 0.4) is 0 Å². The predicted molar refractivity (Wildman–Crippen MR) is 243 cm³/mol. The summed E-state index contributed by atoms with van der Waals surface area (Å²) in [6, 6.07) is 0. The first kappa shape index (κ1) is 47.8. The van der Waals surface area contributed by atoms with Gasteiger partial charge in [-0.3, -0.25) is 0 Å². The van der Waals surface area contributed by atoms with Gasteiger partial charge in [0.2, 0.25) is 0 Å². The summed E-state index contributed by atoms with van der Waals surface area (Å²) in [6.45, 7) is 23.2. The van der Waals surface area contributed by atoms with Crippen LogP contribution in [0.25, 0.3) is 0 Å². The highest BCUT2D eigenvalue weighted by atomic mass is 19.1. The Balaban J connectivity index is 0.000000221. The number of halogens is 2. The predicted octanol–water partition coefficient (Wildman–Crippen LogP) is 15.6. The van der Waals surface area contributed by atoms with E-state index in [-0.39, 0.29) is 0 Å². The van der Waals surface area contributed by atoms with E-state index in [1.807, 2.05) is 13.8 Å². The van der Waals surface area contributed by atoms with Crippen molar-refractivity contribution < 1.29 is 19.0 Å². The molecule has 0 heterocycles. The number of hydrogen-bond donors (Lipinski definition) is 2. The average Bonchev–Trinajstić information content (AvgIpc) is 3.65. The van der Waals surface area contributed by atoms with Crippen molar-refractivity contribution in [1.29, 1.82) is 0 Å². The fourth-order valence-corrected chi connectivity index (χ4v) is 13.9.